The fourth-order valence-corrected chi connectivity index (χ4v) is 5.76. The van der Waals surface area contributed by atoms with E-state index in [4.69, 9.17) is 28.4 Å². The summed E-state index contributed by atoms with van der Waals surface area (Å²) in [6.07, 6.45) is -8.86. The number of esters is 4. The molecule has 54 heavy (non-hydrogen) atoms. The Morgan fingerprint density at radius 1 is 0.537 bits per heavy atom. The van der Waals surface area contributed by atoms with E-state index < -0.39 is 98.5 Å². The van der Waals surface area contributed by atoms with Crippen molar-refractivity contribution in [2.75, 3.05) is 13.2 Å². The van der Waals surface area contributed by atoms with Crippen LogP contribution in [0.15, 0.2) is 0 Å². The summed E-state index contributed by atoms with van der Waals surface area (Å²) in [6, 6.07) is 0. The molecule has 1 rings (SSSR count). The van der Waals surface area contributed by atoms with Crippen LogP contribution in [-0.2, 0) is 47.6 Å². The van der Waals surface area contributed by atoms with Gasteiger partial charge in [0.15, 0.2) is 24.6 Å². The van der Waals surface area contributed by atoms with Crippen molar-refractivity contribution in [3.8, 4) is 0 Å². The zero-order chi connectivity index (χ0) is 40.5. The van der Waals surface area contributed by atoms with Gasteiger partial charge in [0.1, 0.15) is 37.1 Å². The Balaban J connectivity index is 3.64. The third-order valence-electron chi connectivity index (χ3n) is 9.09. The minimum absolute atomic E-state index is 0.00200. The average Bonchev–Trinajstić information content (AvgIpc) is 3.15. The van der Waals surface area contributed by atoms with Crippen molar-refractivity contribution in [2.24, 2.45) is 0 Å². The second-order valence-electron chi connectivity index (χ2n) is 13.9. The van der Waals surface area contributed by atoms with Crippen molar-refractivity contribution in [1.29, 1.82) is 0 Å². The zero-order valence-electron chi connectivity index (χ0n) is 32.7. The molecule has 6 N–H and O–H groups in total. The quantitative estimate of drug-likeness (QED) is 0.0266. The lowest BCUT2D eigenvalue weighted by molar-refractivity contribution is -0.349. The molecule has 1 unspecified atom stereocenters. The van der Waals surface area contributed by atoms with Gasteiger partial charge in [-0.1, -0.05) is 91.9 Å². The average molecular weight is 781 g/mol. The molecule has 1 saturated heterocycles. The molecule has 1 heterocycles. The van der Waals surface area contributed by atoms with Crippen LogP contribution in [0.3, 0.4) is 0 Å². The monoisotopic (exact) mass is 780 g/mol. The number of unbranched alkanes of at least 4 members (excludes halogenated alkanes) is 10. The fourth-order valence-electron chi connectivity index (χ4n) is 5.76. The van der Waals surface area contributed by atoms with E-state index in [2.05, 4.69) is 6.92 Å². The second-order valence-corrected chi connectivity index (χ2v) is 13.9. The molecule has 0 radical (unpaired) electrons. The maximum absolute atomic E-state index is 13.3. The maximum atomic E-state index is 13.3. The van der Waals surface area contributed by atoms with Crippen molar-refractivity contribution in [1.82, 2.24) is 0 Å². The van der Waals surface area contributed by atoms with E-state index in [1.54, 1.807) is 0 Å². The van der Waals surface area contributed by atoms with E-state index in [0.29, 0.717) is 32.1 Å². The van der Waals surface area contributed by atoms with Crippen molar-refractivity contribution >= 4 is 23.9 Å². The lowest BCUT2D eigenvalue weighted by Gasteiger charge is -2.45. The number of carbonyl (C=O) groups is 4. The first-order valence-corrected chi connectivity index (χ1v) is 19.9. The largest absolute Gasteiger partial charge is 0.463 e. The van der Waals surface area contributed by atoms with E-state index in [0.717, 1.165) is 57.8 Å². The van der Waals surface area contributed by atoms with Gasteiger partial charge in [-0.25, -0.2) is 0 Å². The van der Waals surface area contributed by atoms with Gasteiger partial charge >= 0.3 is 23.9 Å². The summed E-state index contributed by atoms with van der Waals surface area (Å²) >= 11 is 0. The molecule has 0 bridgehead atoms. The number of ether oxygens (including phenoxy) is 6. The molecule has 16 heteroatoms. The molecule has 0 aliphatic carbocycles. The normalized spacial score (nSPS) is 22.7. The van der Waals surface area contributed by atoms with Gasteiger partial charge in [-0.05, 0) is 25.7 Å². The topological polar surface area (TPSA) is 245 Å². The summed E-state index contributed by atoms with van der Waals surface area (Å²) in [5, 5.41) is 61.1. The molecule has 1 aliphatic rings. The number of hydrogen-bond acceptors (Lipinski definition) is 16. The molecule has 0 amide bonds. The number of aliphatic hydroxyl groups excluding tert-OH is 6. The number of hydrogen-bond donors (Lipinski definition) is 6. The highest BCUT2D eigenvalue weighted by atomic mass is 16.8. The van der Waals surface area contributed by atoms with Crippen molar-refractivity contribution in [2.45, 2.75) is 205 Å². The lowest BCUT2D eigenvalue weighted by Crippen LogP contribution is -2.64. The van der Waals surface area contributed by atoms with Crippen LogP contribution in [0.1, 0.15) is 143 Å². The fraction of sp³-hybridized carbons (Fsp3) is 0.895. The van der Waals surface area contributed by atoms with Gasteiger partial charge in [-0.2, -0.15) is 0 Å². The molecule has 316 valence electrons. The molecular formula is C38H68O16. The number of aliphatic hydroxyl groups is 6. The highest BCUT2D eigenvalue weighted by molar-refractivity contribution is 5.72. The molecule has 0 aromatic rings. The SMILES string of the molecule is CCCCCCCC(=O)O[C@@H]1[C@H](OC(O)[C@@H](O)[C@H](O)[C@H](O)[C@@H](O)CO)O[C@H](COC(=O)CCCCC)[C@@H](OC(=O)CCCCC)[C@@H]1OC(=O)CCCCC. The molecule has 0 aromatic heterocycles. The summed E-state index contributed by atoms with van der Waals surface area (Å²) in [5.41, 5.74) is 0. The van der Waals surface area contributed by atoms with Crippen LogP contribution in [0, 0.1) is 0 Å². The minimum atomic E-state index is -2.40. The van der Waals surface area contributed by atoms with E-state index in [-0.39, 0.29) is 25.7 Å². The molecule has 0 saturated carbocycles. The Morgan fingerprint density at radius 2 is 0.963 bits per heavy atom. The third-order valence-corrected chi connectivity index (χ3v) is 9.09. The Hall–Kier alpha value is -2.44. The Kier molecular flexibility index (Phi) is 26.5. The number of rotatable bonds is 30. The standard InChI is InChI=1S/C38H68O16/c1-5-9-13-14-18-22-30(44)53-36-35(52-29(43)21-17-12-8-4)34(51-28(42)20-16-11-7-3)26(24-49-27(41)19-15-10-6-2)50-38(36)54-37(48)33(47)32(46)31(45)25(40)23-39/h25-26,31-40,45-48H,5-24H2,1-4H3/t25-,26+,31+,32+,33-,34+,35-,36-,37?,38-/m0/s1. The summed E-state index contributed by atoms with van der Waals surface area (Å²) in [5.74, 6) is -2.75. The molecule has 1 fully saturated rings. The Bertz CT molecular complexity index is 1040. The van der Waals surface area contributed by atoms with Crippen LogP contribution in [0.5, 0.6) is 0 Å². The number of carbonyl (C=O) groups excluding carboxylic acids is 4. The van der Waals surface area contributed by atoms with E-state index in [9.17, 15) is 49.8 Å². The maximum Gasteiger partial charge on any atom is 0.306 e. The first kappa shape index (κ1) is 49.6. The predicted octanol–water partition coefficient (Wildman–Crippen LogP) is 2.86. The first-order chi connectivity index (χ1) is 25.8. The van der Waals surface area contributed by atoms with Gasteiger partial charge in [0, 0.05) is 25.7 Å². The molecule has 10 atom stereocenters. The van der Waals surface area contributed by atoms with Gasteiger partial charge in [-0.3, -0.25) is 19.2 Å². The van der Waals surface area contributed by atoms with Crippen LogP contribution in [0.4, 0.5) is 0 Å². The highest BCUT2D eigenvalue weighted by Gasteiger charge is 2.54. The van der Waals surface area contributed by atoms with Crippen LogP contribution < -0.4 is 0 Å². The van der Waals surface area contributed by atoms with Gasteiger partial charge in [0.05, 0.1) is 6.61 Å². The zero-order valence-corrected chi connectivity index (χ0v) is 32.7. The Labute approximate surface area is 319 Å². The summed E-state index contributed by atoms with van der Waals surface area (Å²) in [7, 11) is 0. The predicted molar refractivity (Wildman–Crippen MR) is 193 cm³/mol. The van der Waals surface area contributed by atoms with Gasteiger partial charge < -0.3 is 59.1 Å². The molecular weight excluding hydrogens is 712 g/mol. The van der Waals surface area contributed by atoms with Gasteiger partial charge in [-0.15, -0.1) is 0 Å². The summed E-state index contributed by atoms with van der Waals surface area (Å²) in [6.45, 7) is 6.41. The van der Waals surface area contributed by atoms with Gasteiger partial charge in [0.2, 0.25) is 6.29 Å². The van der Waals surface area contributed by atoms with E-state index in [1.165, 1.54) is 0 Å². The Morgan fingerprint density at radius 3 is 1.46 bits per heavy atom. The summed E-state index contributed by atoms with van der Waals surface area (Å²) < 4.78 is 34.7. The van der Waals surface area contributed by atoms with Crippen LogP contribution in [-0.4, -0.2) is 129 Å². The summed E-state index contributed by atoms with van der Waals surface area (Å²) in [4.78, 5) is 52.4. The van der Waals surface area contributed by atoms with Crippen molar-refractivity contribution < 1.29 is 78.2 Å². The van der Waals surface area contributed by atoms with Crippen molar-refractivity contribution in [3.05, 3.63) is 0 Å². The van der Waals surface area contributed by atoms with Crippen LogP contribution in [0.2, 0.25) is 0 Å². The highest BCUT2D eigenvalue weighted by Crippen LogP contribution is 2.32. The van der Waals surface area contributed by atoms with Crippen LogP contribution in [0.25, 0.3) is 0 Å². The van der Waals surface area contributed by atoms with Crippen LogP contribution >= 0.6 is 0 Å². The molecule has 1 aliphatic heterocycles. The smallest absolute Gasteiger partial charge is 0.306 e. The molecule has 16 nitrogen and oxygen atoms in total. The van der Waals surface area contributed by atoms with E-state index >= 15 is 0 Å². The molecule has 0 spiro atoms. The second kappa shape index (κ2) is 28.9. The van der Waals surface area contributed by atoms with E-state index in [1.807, 2.05) is 20.8 Å². The molecule has 0 aromatic carbocycles. The first-order valence-electron chi connectivity index (χ1n) is 19.9. The van der Waals surface area contributed by atoms with Crippen molar-refractivity contribution in [3.63, 3.8) is 0 Å². The minimum Gasteiger partial charge on any atom is -0.463 e. The van der Waals surface area contributed by atoms with Gasteiger partial charge in [0.25, 0.3) is 0 Å². The lowest BCUT2D eigenvalue weighted by atomic mass is 9.97. The third kappa shape index (κ3) is 18.9.